The molecule has 0 fully saturated rings. The van der Waals surface area contributed by atoms with Crippen LogP contribution < -0.4 is 15.5 Å². The summed E-state index contributed by atoms with van der Waals surface area (Å²) in [4.78, 5) is 27.9. The van der Waals surface area contributed by atoms with Gasteiger partial charge in [0, 0.05) is 45.1 Å². The molecule has 0 aromatic heterocycles. The molecular weight excluding hydrogens is 340 g/mol. The summed E-state index contributed by atoms with van der Waals surface area (Å²) in [5, 5.41) is 5.75. The van der Waals surface area contributed by atoms with E-state index in [1.165, 1.54) is 4.90 Å². The van der Waals surface area contributed by atoms with Gasteiger partial charge in [0.15, 0.2) is 0 Å². The van der Waals surface area contributed by atoms with Crippen LogP contribution in [0, 0.1) is 0 Å². The van der Waals surface area contributed by atoms with E-state index in [9.17, 15) is 9.59 Å². The number of hydrogen-bond donors (Lipinski definition) is 2. The van der Waals surface area contributed by atoms with Crippen LogP contribution in [0.1, 0.15) is 12.5 Å². The Balaban J connectivity index is 1.91. The number of para-hydroxylation sites is 2. The molecule has 0 unspecified atom stereocenters. The molecule has 0 radical (unpaired) electrons. The zero-order chi connectivity index (χ0) is 19.8. The van der Waals surface area contributed by atoms with E-state index in [1.807, 2.05) is 55.6 Å². The first-order chi connectivity index (χ1) is 12.9. The van der Waals surface area contributed by atoms with Crippen molar-refractivity contribution in [2.45, 2.75) is 19.4 Å². The maximum absolute atomic E-state index is 12.3. The Morgan fingerprint density at radius 1 is 0.963 bits per heavy atom. The second kappa shape index (κ2) is 9.62. The first-order valence-electron chi connectivity index (χ1n) is 8.99. The summed E-state index contributed by atoms with van der Waals surface area (Å²) >= 11 is 0. The lowest BCUT2D eigenvalue weighted by Crippen LogP contribution is -2.41. The van der Waals surface area contributed by atoms with Crippen molar-refractivity contribution in [1.82, 2.24) is 10.2 Å². The van der Waals surface area contributed by atoms with E-state index in [-0.39, 0.29) is 24.4 Å². The van der Waals surface area contributed by atoms with Gasteiger partial charge in [0.2, 0.25) is 5.91 Å². The van der Waals surface area contributed by atoms with Crippen molar-refractivity contribution in [3.63, 3.8) is 0 Å². The highest BCUT2D eigenvalue weighted by molar-refractivity contribution is 5.91. The van der Waals surface area contributed by atoms with Crippen LogP contribution in [0.2, 0.25) is 0 Å². The Kier molecular flexibility index (Phi) is 7.23. The monoisotopic (exact) mass is 368 g/mol. The van der Waals surface area contributed by atoms with Crippen LogP contribution in [0.5, 0.6) is 0 Å². The number of rotatable bonds is 7. The third-order valence-corrected chi connectivity index (χ3v) is 4.49. The van der Waals surface area contributed by atoms with Crippen molar-refractivity contribution in [2.24, 2.45) is 0 Å². The number of urea groups is 1. The smallest absolute Gasteiger partial charge is 0.319 e. The highest BCUT2D eigenvalue weighted by Crippen LogP contribution is 2.16. The first kappa shape index (κ1) is 20.3. The number of hydrogen-bond acceptors (Lipinski definition) is 3. The first-order valence-corrected chi connectivity index (χ1v) is 8.99. The van der Waals surface area contributed by atoms with Gasteiger partial charge in [-0.3, -0.25) is 4.79 Å². The van der Waals surface area contributed by atoms with Gasteiger partial charge >= 0.3 is 6.03 Å². The standard InChI is InChI=1S/C21H28N4O2/c1-16(25(4)18-11-6-5-7-12-18)15-22-21(27)23-19-13-9-8-10-17(19)14-20(26)24(2)3/h5-13,16H,14-15H2,1-4H3,(H2,22,23,27)/t16-/m1/s1. The van der Waals surface area contributed by atoms with E-state index >= 15 is 0 Å². The highest BCUT2D eigenvalue weighted by Gasteiger charge is 2.13. The summed E-state index contributed by atoms with van der Waals surface area (Å²) in [6, 6.07) is 17.2. The fourth-order valence-electron chi connectivity index (χ4n) is 2.58. The molecule has 2 aromatic carbocycles. The summed E-state index contributed by atoms with van der Waals surface area (Å²) < 4.78 is 0. The lowest BCUT2D eigenvalue weighted by atomic mass is 10.1. The van der Waals surface area contributed by atoms with Crippen LogP contribution in [0.4, 0.5) is 16.2 Å². The fourth-order valence-corrected chi connectivity index (χ4v) is 2.58. The van der Waals surface area contributed by atoms with Crippen molar-refractivity contribution in [2.75, 3.05) is 37.9 Å². The number of likely N-dealkylation sites (N-methyl/N-ethyl adjacent to an activating group) is 2. The van der Waals surface area contributed by atoms with Gasteiger partial charge in [-0.05, 0) is 30.7 Å². The minimum absolute atomic E-state index is 0.0113. The Morgan fingerprint density at radius 2 is 1.59 bits per heavy atom. The fraction of sp³-hybridized carbons (Fsp3) is 0.333. The molecule has 144 valence electrons. The molecular formula is C21H28N4O2. The van der Waals surface area contributed by atoms with Crippen molar-refractivity contribution < 1.29 is 9.59 Å². The van der Waals surface area contributed by atoms with Crippen LogP contribution in [0.3, 0.4) is 0 Å². The molecule has 0 saturated carbocycles. The number of carbonyl (C=O) groups is 2. The van der Waals surface area contributed by atoms with Gasteiger partial charge in [0.05, 0.1) is 6.42 Å². The minimum atomic E-state index is -0.284. The second-order valence-electron chi connectivity index (χ2n) is 6.75. The van der Waals surface area contributed by atoms with Gasteiger partial charge in [-0.25, -0.2) is 4.79 Å². The average Bonchev–Trinajstić information content (AvgIpc) is 2.67. The van der Waals surface area contributed by atoms with Crippen molar-refractivity contribution in [3.05, 3.63) is 60.2 Å². The predicted molar refractivity (Wildman–Crippen MR) is 110 cm³/mol. The molecule has 0 heterocycles. The molecule has 6 nitrogen and oxygen atoms in total. The van der Waals surface area contributed by atoms with Crippen LogP contribution in [0.15, 0.2) is 54.6 Å². The van der Waals surface area contributed by atoms with Crippen molar-refractivity contribution in [1.29, 1.82) is 0 Å². The molecule has 0 saturated heterocycles. The quantitative estimate of drug-likeness (QED) is 0.790. The normalized spacial score (nSPS) is 11.4. The molecule has 27 heavy (non-hydrogen) atoms. The summed E-state index contributed by atoms with van der Waals surface area (Å²) in [7, 11) is 5.44. The molecule has 0 aliphatic heterocycles. The molecule has 2 N–H and O–H groups in total. The minimum Gasteiger partial charge on any atom is -0.370 e. The number of amides is 3. The summed E-state index contributed by atoms with van der Waals surface area (Å²) in [6.45, 7) is 2.55. The van der Waals surface area contributed by atoms with Gasteiger partial charge in [-0.2, -0.15) is 0 Å². The summed E-state index contributed by atoms with van der Waals surface area (Å²) in [5.74, 6) is -0.0113. The van der Waals surface area contributed by atoms with Gasteiger partial charge in [-0.15, -0.1) is 0 Å². The zero-order valence-corrected chi connectivity index (χ0v) is 16.4. The molecule has 3 amide bonds. The van der Waals surface area contributed by atoms with E-state index < -0.39 is 0 Å². The van der Waals surface area contributed by atoms with E-state index in [0.29, 0.717) is 12.2 Å². The maximum Gasteiger partial charge on any atom is 0.319 e. The molecule has 1 atom stereocenters. The zero-order valence-electron chi connectivity index (χ0n) is 16.4. The van der Waals surface area contributed by atoms with Gasteiger partial charge in [-0.1, -0.05) is 36.4 Å². The molecule has 0 aliphatic carbocycles. The lowest BCUT2D eigenvalue weighted by Gasteiger charge is -2.27. The van der Waals surface area contributed by atoms with E-state index in [2.05, 4.69) is 22.5 Å². The Hall–Kier alpha value is -3.02. The number of carbonyl (C=O) groups excluding carboxylic acids is 2. The van der Waals surface area contributed by atoms with Gasteiger partial charge in [0.25, 0.3) is 0 Å². The number of anilines is 2. The number of nitrogens with one attached hydrogen (secondary N) is 2. The Morgan fingerprint density at radius 3 is 2.26 bits per heavy atom. The van der Waals surface area contributed by atoms with Crippen LogP contribution >= 0.6 is 0 Å². The molecule has 6 heteroatoms. The highest BCUT2D eigenvalue weighted by atomic mass is 16.2. The van der Waals surface area contributed by atoms with E-state index in [0.717, 1.165) is 11.3 Å². The Labute approximate surface area is 161 Å². The van der Waals surface area contributed by atoms with Gasteiger partial charge in [0.1, 0.15) is 0 Å². The summed E-state index contributed by atoms with van der Waals surface area (Å²) in [5.41, 5.74) is 2.54. The van der Waals surface area contributed by atoms with E-state index in [1.54, 1.807) is 20.2 Å². The Bertz CT molecular complexity index is 762. The third kappa shape index (κ3) is 6.02. The topological polar surface area (TPSA) is 64.7 Å². The molecule has 0 bridgehead atoms. The SMILES string of the molecule is C[C@H](CNC(=O)Nc1ccccc1CC(=O)N(C)C)N(C)c1ccccc1. The average molecular weight is 368 g/mol. The maximum atomic E-state index is 12.3. The lowest BCUT2D eigenvalue weighted by molar-refractivity contribution is -0.127. The third-order valence-electron chi connectivity index (χ3n) is 4.49. The number of nitrogens with zero attached hydrogens (tertiary/aromatic N) is 2. The molecule has 2 aromatic rings. The second-order valence-corrected chi connectivity index (χ2v) is 6.75. The van der Waals surface area contributed by atoms with Crippen LogP contribution in [0.25, 0.3) is 0 Å². The van der Waals surface area contributed by atoms with Gasteiger partial charge < -0.3 is 20.4 Å². The van der Waals surface area contributed by atoms with Crippen molar-refractivity contribution in [3.8, 4) is 0 Å². The van der Waals surface area contributed by atoms with Crippen LogP contribution in [-0.2, 0) is 11.2 Å². The number of benzene rings is 2. The molecule has 0 aliphatic rings. The summed E-state index contributed by atoms with van der Waals surface area (Å²) in [6.07, 6.45) is 0.247. The molecule has 2 rings (SSSR count). The molecule has 0 spiro atoms. The van der Waals surface area contributed by atoms with Crippen LogP contribution in [-0.4, -0.2) is 50.6 Å². The van der Waals surface area contributed by atoms with Crippen molar-refractivity contribution >= 4 is 23.3 Å². The predicted octanol–water partition coefficient (Wildman–Crippen LogP) is 2.96. The van der Waals surface area contributed by atoms with E-state index in [4.69, 9.17) is 0 Å². The largest absolute Gasteiger partial charge is 0.370 e.